The largest absolute Gasteiger partial charge is 0.477 e. The van der Waals surface area contributed by atoms with Gasteiger partial charge in [-0.15, -0.1) is 11.3 Å². The summed E-state index contributed by atoms with van der Waals surface area (Å²) < 4.78 is 0. The zero-order chi connectivity index (χ0) is 14.6. The maximum absolute atomic E-state index is 11.5. The van der Waals surface area contributed by atoms with Gasteiger partial charge < -0.3 is 5.11 Å². The van der Waals surface area contributed by atoms with Crippen molar-refractivity contribution in [2.24, 2.45) is 17.8 Å². The highest BCUT2D eigenvalue weighted by atomic mass is 32.1. The van der Waals surface area contributed by atoms with Gasteiger partial charge in [-0.05, 0) is 62.7 Å². The molecule has 4 aliphatic carbocycles. The number of rotatable bonds is 4. The number of nitrogens with zero attached hydrogens (tertiary/aromatic N) is 1. The predicted octanol–water partition coefficient (Wildman–Crippen LogP) is 4.26. The lowest BCUT2D eigenvalue weighted by molar-refractivity contribution is -0.00533. The summed E-state index contributed by atoms with van der Waals surface area (Å²) in [6.45, 7) is 2.09. The second-order valence-corrected chi connectivity index (χ2v) is 8.55. The first-order chi connectivity index (χ1) is 10.1. The van der Waals surface area contributed by atoms with Gasteiger partial charge in [-0.2, -0.15) is 0 Å². The predicted molar refractivity (Wildman–Crippen MR) is 82.9 cm³/mol. The molecule has 0 amide bonds. The number of hydrogen-bond acceptors (Lipinski definition) is 3. The van der Waals surface area contributed by atoms with E-state index in [0.717, 1.165) is 41.3 Å². The number of hydrogen-bond donors (Lipinski definition) is 1. The van der Waals surface area contributed by atoms with E-state index in [2.05, 4.69) is 6.92 Å². The van der Waals surface area contributed by atoms with Crippen molar-refractivity contribution in [2.75, 3.05) is 0 Å². The van der Waals surface area contributed by atoms with Crippen molar-refractivity contribution in [1.29, 1.82) is 0 Å². The topological polar surface area (TPSA) is 50.2 Å². The first-order valence-corrected chi connectivity index (χ1v) is 9.15. The number of carbonyl (C=O) groups is 1. The molecule has 4 bridgehead atoms. The van der Waals surface area contributed by atoms with Crippen molar-refractivity contribution in [2.45, 2.75) is 63.7 Å². The molecule has 4 heteroatoms. The Kier molecular flexibility index (Phi) is 3.14. The molecular weight excluding hydrogens is 282 g/mol. The molecule has 114 valence electrons. The van der Waals surface area contributed by atoms with Crippen LogP contribution in [0, 0.1) is 17.8 Å². The van der Waals surface area contributed by atoms with Crippen molar-refractivity contribution in [3.63, 3.8) is 0 Å². The second-order valence-electron chi connectivity index (χ2n) is 7.55. The maximum atomic E-state index is 11.5. The summed E-state index contributed by atoms with van der Waals surface area (Å²) in [5.74, 6) is 1.85. The summed E-state index contributed by atoms with van der Waals surface area (Å²) in [5.41, 5.74) is 1.07. The van der Waals surface area contributed by atoms with Crippen molar-refractivity contribution in [1.82, 2.24) is 4.98 Å². The summed E-state index contributed by atoms with van der Waals surface area (Å²) in [5, 5.41) is 10.6. The molecule has 1 aromatic rings. The summed E-state index contributed by atoms with van der Waals surface area (Å²) in [6.07, 6.45) is 9.79. The minimum absolute atomic E-state index is 0.232. The van der Waals surface area contributed by atoms with Gasteiger partial charge in [0.15, 0.2) is 0 Å². The fourth-order valence-corrected chi connectivity index (χ4v) is 6.69. The third-order valence-electron chi connectivity index (χ3n) is 5.87. The van der Waals surface area contributed by atoms with Crippen LogP contribution in [0.5, 0.6) is 0 Å². The van der Waals surface area contributed by atoms with Crippen LogP contribution in [0.2, 0.25) is 0 Å². The van der Waals surface area contributed by atoms with Gasteiger partial charge in [-0.3, -0.25) is 0 Å². The minimum Gasteiger partial charge on any atom is -0.477 e. The molecule has 0 aliphatic heterocycles. The molecule has 1 N–H and O–H groups in total. The number of carboxylic acid groups (broad SMARTS) is 1. The smallest absolute Gasteiger partial charge is 0.347 e. The van der Waals surface area contributed by atoms with Crippen LogP contribution in [0.1, 0.15) is 72.2 Å². The maximum Gasteiger partial charge on any atom is 0.347 e. The second kappa shape index (κ2) is 4.80. The Balaban J connectivity index is 1.73. The molecule has 1 heterocycles. The highest BCUT2D eigenvalue weighted by Gasteiger charge is 2.53. The Labute approximate surface area is 129 Å². The van der Waals surface area contributed by atoms with E-state index in [0.29, 0.717) is 4.88 Å². The average molecular weight is 305 g/mol. The molecule has 0 radical (unpaired) electrons. The van der Waals surface area contributed by atoms with Crippen molar-refractivity contribution < 1.29 is 9.90 Å². The molecule has 0 spiro atoms. The average Bonchev–Trinajstić information content (AvgIpc) is 2.82. The number of aryl methyl sites for hydroxylation is 1. The van der Waals surface area contributed by atoms with Crippen LogP contribution in [-0.2, 0) is 11.8 Å². The van der Waals surface area contributed by atoms with Gasteiger partial charge in [0.2, 0.25) is 0 Å². The standard InChI is InChI=1S/C17H23NO2S/c1-2-3-13-14(15(19)20)21-16(18-13)17-7-10-4-11(8-17)6-12(5-10)9-17/h10-12H,2-9H2,1H3,(H,19,20). The highest BCUT2D eigenvalue weighted by Crippen LogP contribution is 2.61. The van der Waals surface area contributed by atoms with E-state index in [4.69, 9.17) is 4.98 Å². The number of aromatic carboxylic acids is 1. The Bertz CT molecular complexity index is 542. The molecule has 4 saturated carbocycles. The van der Waals surface area contributed by atoms with Crippen LogP contribution in [0.3, 0.4) is 0 Å². The zero-order valence-corrected chi connectivity index (χ0v) is 13.4. The molecule has 0 aromatic carbocycles. The fourth-order valence-electron chi connectivity index (χ4n) is 5.52. The van der Waals surface area contributed by atoms with Crippen LogP contribution in [-0.4, -0.2) is 16.1 Å². The Morgan fingerprint density at radius 2 is 1.81 bits per heavy atom. The van der Waals surface area contributed by atoms with Gasteiger partial charge in [0, 0.05) is 5.41 Å². The van der Waals surface area contributed by atoms with Gasteiger partial charge in [0.05, 0.1) is 10.7 Å². The Morgan fingerprint density at radius 1 is 1.24 bits per heavy atom. The number of aromatic nitrogens is 1. The molecule has 0 atom stereocenters. The Morgan fingerprint density at radius 3 is 2.29 bits per heavy atom. The van der Waals surface area contributed by atoms with E-state index >= 15 is 0 Å². The first-order valence-electron chi connectivity index (χ1n) is 8.33. The fraction of sp³-hybridized carbons (Fsp3) is 0.765. The molecule has 1 aromatic heterocycles. The van der Waals surface area contributed by atoms with Crippen molar-refractivity contribution >= 4 is 17.3 Å². The summed E-state index contributed by atoms with van der Waals surface area (Å²) >= 11 is 1.49. The lowest BCUT2D eigenvalue weighted by Gasteiger charge is -2.56. The van der Waals surface area contributed by atoms with E-state index < -0.39 is 5.97 Å². The molecule has 0 saturated heterocycles. The van der Waals surface area contributed by atoms with Crippen LogP contribution in [0.4, 0.5) is 0 Å². The van der Waals surface area contributed by atoms with E-state index in [9.17, 15) is 9.90 Å². The number of carboxylic acids is 1. The molecule has 4 fully saturated rings. The van der Waals surface area contributed by atoms with E-state index in [1.54, 1.807) is 0 Å². The molecule has 3 nitrogen and oxygen atoms in total. The van der Waals surface area contributed by atoms with E-state index in [1.165, 1.54) is 49.9 Å². The van der Waals surface area contributed by atoms with Crippen molar-refractivity contribution in [3.05, 3.63) is 15.6 Å². The Hall–Kier alpha value is -0.900. The summed E-state index contributed by atoms with van der Waals surface area (Å²) in [4.78, 5) is 16.9. The third kappa shape index (κ3) is 2.14. The summed E-state index contributed by atoms with van der Waals surface area (Å²) in [7, 11) is 0. The lowest BCUT2D eigenvalue weighted by atomic mass is 9.50. The van der Waals surface area contributed by atoms with Gasteiger partial charge in [-0.1, -0.05) is 13.3 Å². The van der Waals surface area contributed by atoms with E-state index in [-0.39, 0.29) is 5.41 Å². The summed E-state index contributed by atoms with van der Waals surface area (Å²) in [6, 6.07) is 0. The normalized spacial score (nSPS) is 37.1. The SMILES string of the molecule is CCCc1nc(C23CC4CC(CC(C4)C2)C3)sc1C(=O)O. The minimum atomic E-state index is -0.785. The quantitative estimate of drug-likeness (QED) is 0.904. The zero-order valence-electron chi connectivity index (χ0n) is 12.6. The van der Waals surface area contributed by atoms with Crippen LogP contribution in [0.25, 0.3) is 0 Å². The third-order valence-corrected chi connectivity index (χ3v) is 7.20. The highest BCUT2D eigenvalue weighted by molar-refractivity contribution is 7.13. The van der Waals surface area contributed by atoms with E-state index in [1.807, 2.05) is 0 Å². The lowest BCUT2D eigenvalue weighted by Crippen LogP contribution is -2.48. The molecule has 5 rings (SSSR count). The van der Waals surface area contributed by atoms with Crippen LogP contribution >= 0.6 is 11.3 Å². The van der Waals surface area contributed by atoms with Gasteiger partial charge >= 0.3 is 5.97 Å². The molecule has 0 unspecified atom stereocenters. The number of thiazole rings is 1. The monoisotopic (exact) mass is 305 g/mol. The van der Waals surface area contributed by atoms with Crippen LogP contribution in [0.15, 0.2) is 0 Å². The van der Waals surface area contributed by atoms with Gasteiger partial charge in [0.25, 0.3) is 0 Å². The van der Waals surface area contributed by atoms with Crippen LogP contribution < -0.4 is 0 Å². The van der Waals surface area contributed by atoms with Gasteiger partial charge in [0.1, 0.15) is 4.88 Å². The molecule has 21 heavy (non-hydrogen) atoms. The molecule has 4 aliphatic rings. The molecular formula is C17H23NO2S. The first kappa shape index (κ1) is 13.7. The van der Waals surface area contributed by atoms with Crippen molar-refractivity contribution in [3.8, 4) is 0 Å². The van der Waals surface area contributed by atoms with Gasteiger partial charge in [-0.25, -0.2) is 9.78 Å².